The van der Waals surface area contributed by atoms with Crippen molar-refractivity contribution in [2.75, 3.05) is 7.11 Å². The molecule has 0 aliphatic rings. The van der Waals surface area contributed by atoms with Gasteiger partial charge in [0, 0.05) is 23.5 Å². The molecular weight excluding hydrogens is 347 g/mol. The Balaban J connectivity index is 1.97. The Morgan fingerprint density at radius 2 is 2.30 bits per heavy atom. The highest BCUT2D eigenvalue weighted by Crippen LogP contribution is 2.15. The summed E-state index contributed by atoms with van der Waals surface area (Å²) >= 11 is 4.57. The van der Waals surface area contributed by atoms with Crippen molar-refractivity contribution in [3.8, 4) is 0 Å². The van der Waals surface area contributed by atoms with E-state index in [2.05, 4.69) is 26.2 Å². The fraction of sp³-hybridized carbons (Fsp3) is 0.231. The maximum absolute atomic E-state index is 13.2. The van der Waals surface area contributed by atoms with Crippen LogP contribution in [0.2, 0.25) is 0 Å². The lowest BCUT2D eigenvalue weighted by Gasteiger charge is -2.04. The van der Waals surface area contributed by atoms with E-state index in [1.165, 1.54) is 23.5 Å². The first kappa shape index (κ1) is 15.1. The molecule has 1 N–H and O–H groups in total. The van der Waals surface area contributed by atoms with E-state index in [9.17, 15) is 9.18 Å². The summed E-state index contributed by atoms with van der Waals surface area (Å²) in [6, 6.07) is 4.49. The van der Waals surface area contributed by atoms with E-state index in [1.54, 1.807) is 18.6 Å². The summed E-state index contributed by atoms with van der Waals surface area (Å²) in [7, 11) is 1.57. The largest absolute Gasteiger partial charge is 0.378 e. The molecule has 4 nitrogen and oxygen atoms in total. The molecule has 0 fully saturated rings. The summed E-state index contributed by atoms with van der Waals surface area (Å²) in [5.41, 5.74) is 1.02. The zero-order valence-electron chi connectivity index (χ0n) is 10.7. The minimum atomic E-state index is -0.348. The quantitative estimate of drug-likeness (QED) is 0.893. The second kappa shape index (κ2) is 6.92. The third kappa shape index (κ3) is 4.09. The van der Waals surface area contributed by atoms with E-state index < -0.39 is 0 Å². The standard InChI is InChI=1S/C13H12BrFN2O2S/c1-19-6-12-17-11(7-20-12)13(18)16-5-8-2-9(14)4-10(15)3-8/h2-4,7H,5-6H2,1H3,(H,16,18). The van der Waals surface area contributed by atoms with Crippen LogP contribution in [0, 0.1) is 5.82 Å². The first-order valence-corrected chi connectivity index (χ1v) is 7.42. The Kier molecular flexibility index (Phi) is 5.22. The Morgan fingerprint density at radius 3 is 3.00 bits per heavy atom. The van der Waals surface area contributed by atoms with Crippen LogP contribution < -0.4 is 5.32 Å². The number of carbonyl (C=O) groups is 1. The molecule has 0 saturated heterocycles. The van der Waals surface area contributed by atoms with Crippen molar-refractivity contribution in [1.82, 2.24) is 10.3 Å². The first-order chi connectivity index (χ1) is 9.58. The molecule has 0 unspecified atom stereocenters. The van der Waals surface area contributed by atoms with E-state index >= 15 is 0 Å². The smallest absolute Gasteiger partial charge is 0.271 e. The zero-order chi connectivity index (χ0) is 14.5. The van der Waals surface area contributed by atoms with Crippen molar-refractivity contribution in [1.29, 1.82) is 0 Å². The van der Waals surface area contributed by atoms with E-state index in [4.69, 9.17) is 4.74 Å². The highest BCUT2D eigenvalue weighted by molar-refractivity contribution is 9.10. The summed E-state index contributed by atoms with van der Waals surface area (Å²) in [6.45, 7) is 0.626. The summed E-state index contributed by atoms with van der Waals surface area (Å²) in [5.74, 6) is -0.636. The van der Waals surface area contributed by atoms with Crippen molar-refractivity contribution < 1.29 is 13.9 Å². The minimum absolute atomic E-state index is 0.242. The zero-order valence-corrected chi connectivity index (χ0v) is 13.1. The van der Waals surface area contributed by atoms with E-state index in [1.807, 2.05) is 0 Å². The van der Waals surface area contributed by atoms with Crippen LogP contribution in [0.5, 0.6) is 0 Å². The van der Waals surface area contributed by atoms with Gasteiger partial charge < -0.3 is 10.1 Å². The maximum Gasteiger partial charge on any atom is 0.271 e. The van der Waals surface area contributed by atoms with Crippen LogP contribution >= 0.6 is 27.3 Å². The van der Waals surface area contributed by atoms with Crippen LogP contribution in [0.25, 0.3) is 0 Å². The number of amides is 1. The number of methoxy groups -OCH3 is 1. The van der Waals surface area contributed by atoms with Gasteiger partial charge in [0.15, 0.2) is 0 Å². The van der Waals surface area contributed by atoms with E-state index in [0.717, 1.165) is 5.01 Å². The number of nitrogens with zero attached hydrogens (tertiary/aromatic N) is 1. The Hall–Kier alpha value is -1.31. The average molecular weight is 359 g/mol. The lowest BCUT2D eigenvalue weighted by atomic mass is 10.2. The van der Waals surface area contributed by atoms with Crippen molar-refractivity contribution in [2.24, 2.45) is 0 Å². The van der Waals surface area contributed by atoms with Crippen LogP contribution in [-0.4, -0.2) is 18.0 Å². The molecule has 1 heterocycles. The number of carbonyl (C=O) groups excluding carboxylic acids is 1. The van der Waals surface area contributed by atoms with Gasteiger partial charge in [-0.2, -0.15) is 0 Å². The van der Waals surface area contributed by atoms with Gasteiger partial charge in [0.2, 0.25) is 0 Å². The molecule has 0 aliphatic heterocycles. The Labute approximate surface area is 128 Å². The van der Waals surface area contributed by atoms with Crippen LogP contribution in [0.3, 0.4) is 0 Å². The molecular formula is C13H12BrFN2O2S. The predicted molar refractivity (Wildman–Crippen MR) is 78.1 cm³/mol. The summed E-state index contributed by atoms with van der Waals surface area (Å²) in [6.07, 6.45) is 0. The molecule has 0 atom stereocenters. The predicted octanol–water partition coefficient (Wildman–Crippen LogP) is 3.12. The van der Waals surface area contributed by atoms with Gasteiger partial charge in [0.05, 0.1) is 6.61 Å². The molecule has 2 rings (SSSR count). The molecule has 0 radical (unpaired) electrons. The molecule has 2 aromatic rings. The second-order valence-corrected chi connectivity index (χ2v) is 5.88. The van der Waals surface area contributed by atoms with Crippen molar-refractivity contribution in [3.05, 3.63) is 50.1 Å². The molecule has 1 aromatic heterocycles. The number of thiazole rings is 1. The monoisotopic (exact) mass is 358 g/mol. The van der Waals surface area contributed by atoms with Gasteiger partial charge in [0.1, 0.15) is 16.5 Å². The van der Waals surface area contributed by atoms with Crippen LogP contribution in [0.4, 0.5) is 4.39 Å². The summed E-state index contributed by atoms with van der Waals surface area (Å²) < 4.78 is 18.8. The average Bonchev–Trinajstić information content (AvgIpc) is 2.84. The van der Waals surface area contributed by atoms with E-state index in [0.29, 0.717) is 22.3 Å². The van der Waals surface area contributed by atoms with Gasteiger partial charge in [0.25, 0.3) is 5.91 Å². The maximum atomic E-state index is 13.2. The molecule has 0 bridgehead atoms. The Morgan fingerprint density at radius 1 is 1.50 bits per heavy atom. The fourth-order valence-corrected chi connectivity index (χ4v) is 2.85. The second-order valence-electron chi connectivity index (χ2n) is 4.02. The Bertz CT molecular complexity index is 598. The van der Waals surface area contributed by atoms with Crippen molar-refractivity contribution >= 4 is 33.2 Å². The lowest BCUT2D eigenvalue weighted by molar-refractivity contribution is 0.0946. The van der Waals surface area contributed by atoms with Crippen LogP contribution in [0.1, 0.15) is 21.1 Å². The van der Waals surface area contributed by atoms with Gasteiger partial charge in [-0.15, -0.1) is 11.3 Å². The number of halogens is 2. The van der Waals surface area contributed by atoms with Gasteiger partial charge in [-0.3, -0.25) is 4.79 Å². The number of benzene rings is 1. The summed E-state index contributed by atoms with van der Waals surface area (Å²) in [4.78, 5) is 16.0. The molecule has 0 spiro atoms. The molecule has 106 valence electrons. The third-order valence-corrected chi connectivity index (χ3v) is 3.71. The number of aromatic nitrogens is 1. The highest BCUT2D eigenvalue weighted by atomic mass is 79.9. The number of hydrogen-bond acceptors (Lipinski definition) is 4. The van der Waals surface area contributed by atoms with Crippen LogP contribution in [0.15, 0.2) is 28.1 Å². The molecule has 20 heavy (non-hydrogen) atoms. The third-order valence-electron chi connectivity index (χ3n) is 2.43. The molecule has 1 aromatic carbocycles. The minimum Gasteiger partial charge on any atom is -0.378 e. The van der Waals surface area contributed by atoms with Crippen molar-refractivity contribution in [2.45, 2.75) is 13.2 Å². The van der Waals surface area contributed by atoms with Crippen LogP contribution in [-0.2, 0) is 17.9 Å². The van der Waals surface area contributed by atoms with Crippen molar-refractivity contribution in [3.63, 3.8) is 0 Å². The highest BCUT2D eigenvalue weighted by Gasteiger charge is 2.10. The normalized spacial score (nSPS) is 10.6. The number of hydrogen-bond donors (Lipinski definition) is 1. The number of nitrogens with one attached hydrogen (secondary N) is 1. The first-order valence-electron chi connectivity index (χ1n) is 5.75. The lowest BCUT2D eigenvalue weighted by Crippen LogP contribution is -2.23. The number of rotatable bonds is 5. The van der Waals surface area contributed by atoms with Gasteiger partial charge in [-0.25, -0.2) is 9.37 Å². The SMILES string of the molecule is COCc1nc(C(=O)NCc2cc(F)cc(Br)c2)cs1. The summed E-state index contributed by atoms with van der Waals surface area (Å²) in [5, 5.41) is 5.12. The van der Waals surface area contributed by atoms with Gasteiger partial charge in [-0.05, 0) is 23.8 Å². The molecule has 0 aliphatic carbocycles. The van der Waals surface area contributed by atoms with Gasteiger partial charge in [-0.1, -0.05) is 15.9 Å². The van der Waals surface area contributed by atoms with E-state index in [-0.39, 0.29) is 18.3 Å². The fourth-order valence-electron chi connectivity index (χ4n) is 1.59. The molecule has 0 saturated carbocycles. The van der Waals surface area contributed by atoms with Gasteiger partial charge >= 0.3 is 0 Å². The number of ether oxygens (including phenoxy) is 1. The molecule has 7 heteroatoms. The molecule has 1 amide bonds. The topological polar surface area (TPSA) is 51.2 Å².